The third kappa shape index (κ3) is 4.63. The van der Waals surface area contributed by atoms with Gasteiger partial charge in [-0.1, -0.05) is 0 Å². The summed E-state index contributed by atoms with van der Waals surface area (Å²) in [6, 6.07) is 0. The SMILES string of the molecule is COC1CCC(S(=O)(=O)O)CC1/C=N\S(C)(=O)=O. The van der Waals surface area contributed by atoms with E-state index in [4.69, 9.17) is 9.29 Å². The second kappa shape index (κ2) is 5.64. The van der Waals surface area contributed by atoms with E-state index in [0.717, 1.165) is 6.26 Å². The number of rotatable bonds is 4. The molecule has 3 atom stereocenters. The van der Waals surface area contributed by atoms with Crippen LogP contribution in [-0.4, -0.2) is 52.3 Å². The van der Waals surface area contributed by atoms with Crippen molar-refractivity contribution in [2.45, 2.75) is 30.6 Å². The van der Waals surface area contributed by atoms with Crippen LogP contribution in [0.25, 0.3) is 0 Å². The topological polar surface area (TPSA) is 110 Å². The first-order valence-electron chi connectivity index (χ1n) is 5.38. The Balaban J connectivity index is 2.87. The maximum absolute atomic E-state index is 11.1. The van der Waals surface area contributed by atoms with E-state index in [9.17, 15) is 16.8 Å². The van der Waals surface area contributed by atoms with Crippen molar-refractivity contribution >= 4 is 26.4 Å². The maximum Gasteiger partial charge on any atom is 0.267 e. The Morgan fingerprint density at radius 1 is 1.28 bits per heavy atom. The van der Waals surface area contributed by atoms with Crippen molar-refractivity contribution in [1.29, 1.82) is 0 Å². The smallest absolute Gasteiger partial charge is 0.267 e. The van der Waals surface area contributed by atoms with Gasteiger partial charge in [0.05, 0.1) is 17.6 Å². The third-order valence-electron chi connectivity index (χ3n) is 2.95. The summed E-state index contributed by atoms with van der Waals surface area (Å²) in [6.45, 7) is 0. The van der Waals surface area contributed by atoms with Crippen molar-refractivity contribution in [3.8, 4) is 0 Å². The Labute approximate surface area is 107 Å². The van der Waals surface area contributed by atoms with Crippen LogP contribution in [0.15, 0.2) is 4.40 Å². The molecule has 0 aliphatic heterocycles. The van der Waals surface area contributed by atoms with Gasteiger partial charge in [0.25, 0.3) is 10.1 Å². The summed E-state index contributed by atoms with van der Waals surface area (Å²) in [5.74, 6) is -0.439. The largest absolute Gasteiger partial charge is 0.381 e. The fraction of sp³-hybridized carbons (Fsp3) is 0.889. The zero-order valence-corrected chi connectivity index (χ0v) is 11.8. The van der Waals surface area contributed by atoms with Gasteiger partial charge >= 0.3 is 0 Å². The molecule has 1 rings (SSSR count). The molecule has 0 heterocycles. The molecule has 9 heteroatoms. The molecular formula is C9H17NO6S2. The third-order valence-corrected chi connectivity index (χ3v) is 4.73. The molecule has 1 N–H and O–H groups in total. The molecule has 0 aromatic heterocycles. The zero-order valence-electron chi connectivity index (χ0n) is 10.2. The quantitative estimate of drug-likeness (QED) is 0.582. The average Bonchev–Trinajstić information content (AvgIpc) is 2.23. The van der Waals surface area contributed by atoms with Gasteiger partial charge in [-0.15, -0.1) is 0 Å². The van der Waals surface area contributed by atoms with Gasteiger partial charge in [0.2, 0.25) is 10.0 Å². The number of hydrogen-bond donors (Lipinski definition) is 1. The fourth-order valence-corrected chi connectivity index (χ4v) is 3.32. The summed E-state index contributed by atoms with van der Waals surface area (Å²) >= 11 is 0. The van der Waals surface area contributed by atoms with Crippen molar-refractivity contribution in [2.24, 2.45) is 10.3 Å². The second-order valence-corrected chi connectivity index (χ2v) is 7.75. The van der Waals surface area contributed by atoms with Gasteiger partial charge in [-0.05, 0) is 19.3 Å². The van der Waals surface area contributed by atoms with Crippen LogP contribution in [0, 0.1) is 5.92 Å². The van der Waals surface area contributed by atoms with Crippen molar-refractivity contribution in [1.82, 2.24) is 0 Å². The van der Waals surface area contributed by atoms with E-state index < -0.39 is 31.3 Å². The molecule has 0 amide bonds. The van der Waals surface area contributed by atoms with E-state index >= 15 is 0 Å². The van der Waals surface area contributed by atoms with E-state index in [-0.39, 0.29) is 12.5 Å². The van der Waals surface area contributed by atoms with Crippen molar-refractivity contribution in [3.63, 3.8) is 0 Å². The van der Waals surface area contributed by atoms with Crippen molar-refractivity contribution in [3.05, 3.63) is 0 Å². The molecule has 106 valence electrons. The normalized spacial score (nSPS) is 30.7. The minimum absolute atomic E-state index is 0.108. The van der Waals surface area contributed by atoms with Gasteiger partial charge in [-0.2, -0.15) is 12.8 Å². The summed E-state index contributed by atoms with van der Waals surface area (Å²) in [7, 11) is -6.15. The molecule has 0 aromatic carbocycles. The van der Waals surface area contributed by atoms with Crippen LogP contribution in [0.4, 0.5) is 0 Å². The monoisotopic (exact) mass is 299 g/mol. The molecule has 3 unspecified atom stereocenters. The lowest BCUT2D eigenvalue weighted by molar-refractivity contribution is 0.0501. The first-order valence-corrected chi connectivity index (χ1v) is 8.73. The van der Waals surface area contributed by atoms with Crippen LogP contribution in [0.3, 0.4) is 0 Å². The Kier molecular flexibility index (Phi) is 4.87. The molecule has 0 spiro atoms. The van der Waals surface area contributed by atoms with Crippen LogP contribution in [0.5, 0.6) is 0 Å². The number of nitrogens with zero attached hydrogens (tertiary/aromatic N) is 1. The van der Waals surface area contributed by atoms with Gasteiger partial charge in [0.15, 0.2) is 0 Å². The van der Waals surface area contributed by atoms with Gasteiger partial charge in [-0.3, -0.25) is 4.55 Å². The first-order chi connectivity index (χ1) is 8.13. The molecule has 1 aliphatic rings. The van der Waals surface area contributed by atoms with E-state index in [1.165, 1.54) is 13.3 Å². The predicted octanol–water partition coefficient (Wildman–Crippen LogP) is 0.0883. The molecule has 1 aliphatic carbocycles. The summed E-state index contributed by atoms with van der Waals surface area (Å²) in [6.07, 6.45) is 2.70. The molecule has 18 heavy (non-hydrogen) atoms. The number of ether oxygens (including phenoxy) is 1. The van der Waals surface area contributed by atoms with E-state index in [1.54, 1.807) is 0 Å². The van der Waals surface area contributed by atoms with Crippen LogP contribution >= 0.6 is 0 Å². The summed E-state index contributed by atoms with van der Waals surface area (Å²) < 4.78 is 61.6. The van der Waals surface area contributed by atoms with Gasteiger partial charge in [0, 0.05) is 19.2 Å². The van der Waals surface area contributed by atoms with Crippen LogP contribution in [-0.2, 0) is 24.9 Å². The highest BCUT2D eigenvalue weighted by atomic mass is 32.2. The summed E-state index contributed by atoms with van der Waals surface area (Å²) in [5, 5.41) is -0.889. The molecule has 7 nitrogen and oxygen atoms in total. The fourth-order valence-electron chi connectivity index (χ4n) is 2.05. The van der Waals surface area contributed by atoms with Crippen molar-refractivity contribution in [2.75, 3.05) is 13.4 Å². The molecule has 0 radical (unpaired) electrons. The molecule has 0 aromatic rings. The zero-order chi connectivity index (χ0) is 14.0. The minimum Gasteiger partial charge on any atom is -0.381 e. The lowest BCUT2D eigenvalue weighted by Crippen LogP contribution is -2.37. The Bertz CT molecular complexity index is 509. The Hall–Kier alpha value is -0.510. The lowest BCUT2D eigenvalue weighted by atomic mass is 9.87. The standard InChI is InChI=1S/C9H17NO6S2/c1-16-9-4-3-8(18(13,14)15)5-7(9)6-10-17(2,11)12/h6-9H,3-5H2,1-2H3,(H,13,14,15)/b10-6-. The van der Waals surface area contributed by atoms with E-state index in [0.29, 0.717) is 12.8 Å². The van der Waals surface area contributed by atoms with Crippen LogP contribution < -0.4 is 0 Å². The van der Waals surface area contributed by atoms with Crippen LogP contribution in [0.2, 0.25) is 0 Å². The molecule has 1 saturated carbocycles. The highest BCUT2D eigenvalue weighted by Gasteiger charge is 2.35. The van der Waals surface area contributed by atoms with Gasteiger partial charge in [0.1, 0.15) is 0 Å². The van der Waals surface area contributed by atoms with Crippen molar-refractivity contribution < 1.29 is 26.1 Å². The Morgan fingerprint density at radius 3 is 2.33 bits per heavy atom. The van der Waals surface area contributed by atoms with E-state index in [1.807, 2.05) is 0 Å². The maximum atomic E-state index is 11.1. The van der Waals surface area contributed by atoms with Crippen LogP contribution in [0.1, 0.15) is 19.3 Å². The lowest BCUT2D eigenvalue weighted by Gasteiger charge is -2.31. The molecule has 0 saturated heterocycles. The number of hydrogen-bond acceptors (Lipinski definition) is 5. The predicted molar refractivity (Wildman–Crippen MR) is 66.8 cm³/mol. The number of sulfonamides is 1. The average molecular weight is 299 g/mol. The molecule has 0 bridgehead atoms. The first kappa shape index (κ1) is 15.5. The summed E-state index contributed by atoms with van der Waals surface area (Å²) in [4.78, 5) is 0. The Morgan fingerprint density at radius 2 is 1.89 bits per heavy atom. The highest BCUT2D eigenvalue weighted by Crippen LogP contribution is 2.29. The van der Waals surface area contributed by atoms with Gasteiger partial charge < -0.3 is 4.74 Å². The molecule has 1 fully saturated rings. The highest BCUT2D eigenvalue weighted by molar-refractivity contribution is 7.89. The molecular weight excluding hydrogens is 282 g/mol. The second-order valence-electron chi connectivity index (χ2n) is 4.38. The minimum atomic E-state index is -4.11. The number of methoxy groups -OCH3 is 1. The van der Waals surface area contributed by atoms with E-state index in [2.05, 4.69) is 4.40 Å². The summed E-state index contributed by atoms with van der Waals surface area (Å²) in [5.41, 5.74) is 0. The van der Waals surface area contributed by atoms with Gasteiger partial charge in [-0.25, -0.2) is 8.42 Å².